The summed E-state index contributed by atoms with van der Waals surface area (Å²) in [6.45, 7) is 6.15. The predicted molar refractivity (Wildman–Crippen MR) is 65.8 cm³/mol. The Balaban J connectivity index is 2.40. The summed E-state index contributed by atoms with van der Waals surface area (Å²) in [5.74, 6) is 0.685. The van der Waals surface area contributed by atoms with E-state index in [1.807, 2.05) is 0 Å². The fraction of sp³-hybridized carbons (Fsp3) is 0.727. The zero-order chi connectivity index (χ0) is 13.0. The summed E-state index contributed by atoms with van der Waals surface area (Å²) in [7, 11) is 3.07. The summed E-state index contributed by atoms with van der Waals surface area (Å²) in [6.07, 6.45) is 0. The largest absolute Gasteiger partial charge is 0.466 e. The van der Waals surface area contributed by atoms with E-state index in [0.717, 1.165) is 19.6 Å². The standard InChI is InChI=1S/C11H19N4O3/c1-4-15(5-7-18-8-6-15)9-12-10(16-2)14-11(13-9)17-3/h4-8H2,1-3H3/q+1. The average Bonchev–Trinajstić information content (AvgIpc) is 2.47. The second kappa shape index (κ2) is 5.45. The third kappa shape index (κ3) is 2.37. The summed E-state index contributed by atoms with van der Waals surface area (Å²) in [6, 6.07) is 0.573. The number of quaternary nitrogens is 1. The zero-order valence-corrected chi connectivity index (χ0v) is 11.0. The van der Waals surface area contributed by atoms with Gasteiger partial charge in [0.05, 0.1) is 34.0 Å². The van der Waals surface area contributed by atoms with Crippen molar-refractivity contribution in [3.05, 3.63) is 0 Å². The molecule has 7 nitrogen and oxygen atoms in total. The van der Waals surface area contributed by atoms with Crippen molar-refractivity contribution in [2.75, 3.05) is 47.1 Å². The molecule has 1 fully saturated rings. The van der Waals surface area contributed by atoms with E-state index in [-0.39, 0.29) is 12.0 Å². The highest BCUT2D eigenvalue weighted by atomic mass is 16.5. The molecule has 7 heteroatoms. The van der Waals surface area contributed by atoms with Crippen molar-refractivity contribution < 1.29 is 14.2 Å². The summed E-state index contributed by atoms with van der Waals surface area (Å²) < 4.78 is 16.3. The first-order chi connectivity index (χ1) is 8.74. The Hall–Kier alpha value is -1.47. The lowest BCUT2D eigenvalue weighted by Crippen LogP contribution is -2.57. The van der Waals surface area contributed by atoms with Crippen molar-refractivity contribution >= 4 is 5.95 Å². The molecule has 18 heavy (non-hydrogen) atoms. The van der Waals surface area contributed by atoms with Crippen LogP contribution < -0.4 is 14.0 Å². The van der Waals surface area contributed by atoms with Gasteiger partial charge in [0.15, 0.2) is 0 Å². The van der Waals surface area contributed by atoms with Crippen LogP contribution in [0.15, 0.2) is 0 Å². The van der Waals surface area contributed by atoms with Crippen LogP contribution in [0.1, 0.15) is 6.92 Å². The number of rotatable bonds is 4. The smallest absolute Gasteiger partial charge is 0.338 e. The minimum absolute atomic E-state index is 0.286. The van der Waals surface area contributed by atoms with Crippen molar-refractivity contribution in [2.24, 2.45) is 0 Å². The molecule has 0 radical (unpaired) electrons. The Bertz CT molecular complexity index is 385. The Labute approximate surface area is 106 Å². The van der Waals surface area contributed by atoms with Crippen LogP contribution in [0.25, 0.3) is 0 Å². The molecule has 1 aliphatic rings. The second-order valence-corrected chi connectivity index (χ2v) is 4.13. The van der Waals surface area contributed by atoms with Gasteiger partial charge in [0.25, 0.3) is 0 Å². The van der Waals surface area contributed by atoms with Gasteiger partial charge in [-0.2, -0.15) is 0 Å². The van der Waals surface area contributed by atoms with E-state index in [0.29, 0.717) is 23.6 Å². The van der Waals surface area contributed by atoms with Crippen molar-refractivity contribution in [1.29, 1.82) is 0 Å². The van der Waals surface area contributed by atoms with Crippen molar-refractivity contribution in [3.8, 4) is 12.0 Å². The molecule has 2 heterocycles. The van der Waals surface area contributed by atoms with Crippen molar-refractivity contribution in [3.63, 3.8) is 0 Å². The third-order valence-electron chi connectivity index (χ3n) is 3.30. The van der Waals surface area contributed by atoms with Gasteiger partial charge in [0.2, 0.25) is 0 Å². The van der Waals surface area contributed by atoms with E-state index in [2.05, 4.69) is 21.9 Å². The van der Waals surface area contributed by atoms with Gasteiger partial charge in [-0.05, 0) is 6.92 Å². The lowest BCUT2D eigenvalue weighted by Gasteiger charge is -2.37. The van der Waals surface area contributed by atoms with E-state index < -0.39 is 0 Å². The molecular formula is C11H19N4O3+. The first kappa shape index (κ1) is 13.0. The van der Waals surface area contributed by atoms with Crippen molar-refractivity contribution in [1.82, 2.24) is 19.4 Å². The number of hydrogen-bond acceptors (Lipinski definition) is 6. The van der Waals surface area contributed by atoms with Crippen LogP contribution in [0.4, 0.5) is 5.95 Å². The third-order valence-corrected chi connectivity index (χ3v) is 3.30. The minimum Gasteiger partial charge on any atom is -0.466 e. The van der Waals surface area contributed by atoms with Crippen LogP contribution in [0.3, 0.4) is 0 Å². The van der Waals surface area contributed by atoms with Crippen LogP contribution in [0.5, 0.6) is 12.0 Å². The van der Waals surface area contributed by atoms with E-state index >= 15 is 0 Å². The number of methoxy groups -OCH3 is 2. The van der Waals surface area contributed by atoms with E-state index in [1.165, 1.54) is 14.2 Å². The molecule has 100 valence electrons. The normalized spacial score (nSPS) is 18.4. The maximum atomic E-state index is 5.41. The molecule has 0 atom stereocenters. The van der Waals surface area contributed by atoms with Crippen LogP contribution >= 0.6 is 0 Å². The fourth-order valence-corrected chi connectivity index (χ4v) is 2.07. The molecule has 0 unspecified atom stereocenters. The molecule has 0 aliphatic carbocycles. The molecule has 1 aliphatic heterocycles. The summed E-state index contributed by atoms with van der Waals surface area (Å²) >= 11 is 0. The van der Waals surface area contributed by atoms with Gasteiger partial charge in [-0.15, -0.1) is 15.0 Å². The Morgan fingerprint density at radius 2 is 1.61 bits per heavy atom. The molecule has 2 rings (SSSR count). The maximum Gasteiger partial charge on any atom is 0.338 e. The quantitative estimate of drug-likeness (QED) is 0.718. The van der Waals surface area contributed by atoms with E-state index in [9.17, 15) is 0 Å². The molecule has 0 aromatic carbocycles. The first-order valence-electron chi connectivity index (χ1n) is 6.02. The molecule has 0 bridgehead atoms. The van der Waals surface area contributed by atoms with E-state index in [1.54, 1.807) is 0 Å². The topological polar surface area (TPSA) is 66.4 Å². The number of likely N-dealkylation sites (N-methyl/N-ethyl adjacent to an activating group) is 1. The molecule has 1 saturated heterocycles. The molecule has 0 N–H and O–H groups in total. The van der Waals surface area contributed by atoms with E-state index in [4.69, 9.17) is 14.2 Å². The highest BCUT2D eigenvalue weighted by Gasteiger charge is 2.35. The summed E-state index contributed by atoms with van der Waals surface area (Å²) in [5, 5.41) is 0. The SMILES string of the molecule is CC[N+]1(c2nc(OC)nc(OC)n2)CCOCC1. The van der Waals surface area contributed by atoms with Gasteiger partial charge in [-0.25, -0.2) is 0 Å². The highest BCUT2D eigenvalue weighted by molar-refractivity contribution is 5.28. The molecular weight excluding hydrogens is 236 g/mol. The van der Waals surface area contributed by atoms with Gasteiger partial charge in [0, 0.05) is 0 Å². The molecule has 1 aromatic rings. The lowest BCUT2D eigenvalue weighted by atomic mass is 10.3. The second-order valence-electron chi connectivity index (χ2n) is 4.13. The fourth-order valence-electron chi connectivity index (χ4n) is 2.07. The zero-order valence-electron chi connectivity index (χ0n) is 11.0. The minimum atomic E-state index is 0.286. The average molecular weight is 255 g/mol. The van der Waals surface area contributed by atoms with Crippen molar-refractivity contribution in [2.45, 2.75) is 6.92 Å². The Morgan fingerprint density at radius 1 is 1.06 bits per heavy atom. The number of ether oxygens (including phenoxy) is 3. The maximum absolute atomic E-state index is 5.41. The number of morpholine rings is 1. The van der Waals surface area contributed by atoms with Gasteiger partial charge in [-0.1, -0.05) is 0 Å². The number of nitrogens with zero attached hydrogens (tertiary/aromatic N) is 4. The number of hydrogen-bond donors (Lipinski definition) is 0. The van der Waals surface area contributed by atoms with Crippen LogP contribution in [-0.2, 0) is 4.74 Å². The Morgan fingerprint density at radius 3 is 2.06 bits per heavy atom. The molecule has 0 spiro atoms. The summed E-state index contributed by atoms with van der Waals surface area (Å²) in [4.78, 5) is 12.7. The van der Waals surface area contributed by atoms with Crippen LogP contribution in [-0.4, -0.2) is 62.0 Å². The highest BCUT2D eigenvalue weighted by Crippen LogP contribution is 2.24. The van der Waals surface area contributed by atoms with Gasteiger partial charge >= 0.3 is 18.0 Å². The first-order valence-corrected chi connectivity index (χ1v) is 6.02. The molecule has 0 saturated carbocycles. The van der Waals surface area contributed by atoms with Crippen LogP contribution in [0, 0.1) is 0 Å². The number of aromatic nitrogens is 3. The lowest BCUT2D eigenvalue weighted by molar-refractivity contribution is 0.0392. The van der Waals surface area contributed by atoms with Crippen LogP contribution in [0.2, 0.25) is 0 Å². The summed E-state index contributed by atoms with van der Waals surface area (Å²) in [5.41, 5.74) is 0. The molecule has 1 aromatic heterocycles. The van der Waals surface area contributed by atoms with Gasteiger partial charge < -0.3 is 14.2 Å². The monoisotopic (exact) mass is 255 g/mol. The predicted octanol–water partition coefficient (Wildman–Crippen LogP) is 0.246. The van der Waals surface area contributed by atoms with Gasteiger partial charge in [-0.3, -0.25) is 4.48 Å². The van der Waals surface area contributed by atoms with Gasteiger partial charge in [0.1, 0.15) is 13.1 Å². The molecule has 0 amide bonds. The Kier molecular flexibility index (Phi) is 3.93.